The maximum Gasteiger partial charge on any atom is 0.342 e. The third-order valence-corrected chi connectivity index (χ3v) is 2.93. The predicted octanol–water partition coefficient (Wildman–Crippen LogP) is 2.23. The van der Waals surface area contributed by atoms with E-state index in [1.165, 1.54) is 20.0 Å². The molecule has 17 heavy (non-hydrogen) atoms. The number of para-hydroxylation sites is 1. The predicted molar refractivity (Wildman–Crippen MR) is 65.0 cm³/mol. The van der Waals surface area contributed by atoms with E-state index >= 15 is 0 Å². The lowest BCUT2D eigenvalue weighted by Crippen LogP contribution is -2.09. The van der Waals surface area contributed by atoms with E-state index in [0.29, 0.717) is 23.6 Å². The first-order valence-electron chi connectivity index (χ1n) is 5.82. The van der Waals surface area contributed by atoms with E-state index in [-0.39, 0.29) is 5.97 Å². The Morgan fingerprint density at radius 1 is 1.47 bits per heavy atom. The average molecular weight is 235 g/mol. The monoisotopic (exact) mass is 235 g/mol. The molecule has 1 saturated carbocycles. The van der Waals surface area contributed by atoms with Crippen molar-refractivity contribution in [2.45, 2.75) is 19.3 Å². The van der Waals surface area contributed by atoms with Crippen LogP contribution in [0.1, 0.15) is 29.6 Å². The van der Waals surface area contributed by atoms with Gasteiger partial charge in [-0.05, 0) is 24.5 Å². The van der Waals surface area contributed by atoms with E-state index in [4.69, 9.17) is 15.2 Å². The van der Waals surface area contributed by atoms with Crippen molar-refractivity contribution in [1.29, 1.82) is 0 Å². The molecule has 2 N–H and O–H groups in total. The summed E-state index contributed by atoms with van der Waals surface area (Å²) in [6.45, 7) is 0.474. The van der Waals surface area contributed by atoms with Crippen LogP contribution in [0.3, 0.4) is 0 Å². The minimum atomic E-state index is -0.366. The van der Waals surface area contributed by atoms with Gasteiger partial charge in [-0.1, -0.05) is 18.9 Å². The first kappa shape index (κ1) is 11.8. The third kappa shape index (κ3) is 2.90. The molecule has 1 fully saturated rings. The Morgan fingerprint density at radius 2 is 2.24 bits per heavy atom. The number of nitrogen functional groups attached to an aromatic ring is 1. The highest BCUT2D eigenvalue weighted by Crippen LogP contribution is 2.32. The highest BCUT2D eigenvalue weighted by molar-refractivity contribution is 5.94. The fourth-order valence-electron chi connectivity index (χ4n) is 1.75. The minimum Gasteiger partial charge on any atom is -0.494 e. The molecule has 1 aromatic rings. The van der Waals surface area contributed by atoms with E-state index in [2.05, 4.69) is 0 Å². The largest absolute Gasteiger partial charge is 0.494 e. The molecule has 0 spiro atoms. The molecule has 0 heterocycles. The Kier molecular flexibility index (Phi) is 3.52. The minimum absolute atomic E-state index is 0.366. The number of hydrogen-bond acceptors (Lipinski definition) is 4. The van der Waals surface area contributed by atoms with Crippen molar-refractivity contribution in [2.24, 2.45) is 5.92 Å². The number of rotatable bonds is 5. The molecule has 1 aliphatic carbocycles. The van der Waals surface area contributed by atoms with Crippen molar-refractivity contribution in [3.05, 3.63) is 23.8 Å². The lowest BCUT2D eigenvalue weighted by molar-refractivity contribution is 0.0491. The highest BCUT2D eigenvalue weighted by Gasteiger charge is 2.22. The number of esters is 1. The Hall–Kier alpha value is -1.71. The van der Waals surface area contributed by atoms with Crippen LogP contribution >= 0.6 is 0 Å². The standard InChI is InChI=1S/C13H17NO3/c1-16-12-10(3-2-4-11(12)14)13(15)17-8-7-9-5-6-9/h2-4,9H,5-8,14H2,1H3. The van der Waals surface area contributed by atoms with Crippen molar-refractivity contribution in [3.8, 4) is 5.75 Å². The number of carbonyl (C=O) groups is 1. The molecule has 92 valence electrons. The van der Waals surface area contributed by atoms with Gasteiger partial charge in [0, 0.05) is 0 Å². The molecular formula is C13H17NO3. The van der Waals surface area contributed by atoms with Gasteiger partial charge in [0.05, 0.1) is 19.4 Å². The fraction of sp³-hybridized carbons (Fsp3) is 0.462. The van der Waals surface area contributed by atoms with Crippen molar-refractivity contribution in [1.82, 2.24) is 0 Å². The summed E-state index contributed by atoms with van der Waals surface area (Å²) in [5.74, 6) is 0.782. The topological polar surface area (TPSA) is 61.5 Å². The second-order valence-corrected chi connectivity index (χ2v) is 4.30. The number of benzene rings is 1. The van der Waals surface area contributed by atoms with Crippen LogP contribution in [0.25, 0.3) is 0 Å². The van der Waals surface area contributed by atoms with Gasteiger partial charge in [0.2, 0.25) is 0 Å². The number of nitrogens with two attached hydrogens (primary N) is 1. The average Bonchev–Trinajstić information content (AvgIpc) is 3.12. The molecule has 4 heteroatoms. The molecule has 0 amide bonds. The van der Waals surface area contributed by atoms with Gasteiger partial charge >= 0.3 is 5.97 Å². The molecule has 0 unspecified atom stereocenters. The summed E-state index contributed by atoms with van der Waals surface area (Å²) in [6.07, 6.45) is 3.48. The third-order valence-electron chi connectivity index (χ3n) is 2.93. The zero-order valence-corrected chi connectivity index (χ0v) is 9.94. The van der Waals surface area contributed by atoms with Gasteiger partial charge in [-0.3, -0.25) is 0 Å². The smallest absolute Gasteiger partial charge is 0.342 e. The Bertz CT molecular complexity index is 413. The van der Waals surface area contributed by atoms with Crippen LogP contribution in [0, 0.1) is 5.92 Å². The number of hydrogen-bond donors (Lipinski definition) is 1. The SMILES string of the molecule is COc1c(N)cccc1C(=O)OCCC1CC1. The number of methoxy groups -OCH3 is 1. The van der Waals surface area contributed by atoms with E-state index in [0.717, 1.165) is 12.3 Å². The molecule has 1 aliphatic rings. The second-order valence-electron chi connectivity index (χ2n) is 4.30. The lowest BCUT2D eigenvalue weighted by Gasteiger charge is -2.10. The normalized spacial score (nSPS) is 14.4. The summed E-state index contributed by atoms with van der Waals surface area (Å²) in [5.41, 5.74) is 6.56. The molecule has 0 saturated heterocycles. The summed E-state index contributed by atoms with van der Waals surface area (Å²) in [6, 6.07) is 5.07. The van der Waals surface area contributed by atoms with E-state index in [1.54, 1.807) is 18.2 Å². The quantitative estimate of drug-likeness (QED) is 0.628. The summed E-state index contributed by atoms with van der Waals surface area (Å²) in [5, 5.41) is 0. The van der Waals surface area contributed by atoms with Gasteiger partial charge in [-0.15, -0.1) is 0 Å². The summed E-state index contributed by atoms with van der Waals surface area (Å²) in [7, 11) is 1.49. The zero-order valence-electron chi connectivity index (χ0n) is 9.94. The van der Waals surface area contributed by atoms with Crippen LogP contribution in [0.15, 0.2) is 18.2 Å². The molecule has 1 aromatic carbocycles. The summed E-state index contributed by atoms with van der Waals surface area (Å²) < 4.78 is 10.3. The van der Waals surface area contributed by atoms with Gasteiger partial charge in [0.15, 0.2) is 5.75 Å². The second kappa shape index (κ2) is 5.08. The summed E-state index contributed by atoms with van der Waals surface area (Å²) >= 11 is 0. The molecule has 0 aromatic heterocycles. The van der Waals surface area contributed by atoms with Gasteiger partial charge in [-0.2, -0.15) is 0 Å². The van der Waals surface area contributed by atoms with Crippen molar-refractivity contribution in [3.63, 3.8) is 0 Å². The van der Waals surface area contributed by atoms with Gasteiger partial charge < -0.3 is 15.2 Å². The number of carbonyl (C=O) groups excluding carboxylic acids is 1. The molecule has 0 radical (unpaired) electrons. The zero-order chi connectivity index (χ0) is 12.3. The highest BCUT2D eigenvalue weighted by atomic mass is 16.5. The molecule has 0 aliphatic heterocycles. The van der Waals surface area contributed by atoms with Crippen LogP contribution in [-0.2, 0) is 4.74 Å². The molecule has 2 rings (SSSR count). The molecular weight excluding hydrogens is 218 g/mol. The fourth-order valence-corrected chi connectivity index (χ4v) is 1.75. The van der Waals surface area contributed by atoms with Crippen LogP contribution < -0.4 is 10.5 Å². The first-order chi connectivity index (χ1) is 8.22. The number of anilines is 1. The molecule has 0 bridgehead atoms. The van der Waals surface area contributed by atoms with E-state index in [1.807, 2.05) is 0 Å². The van der Waals surface area contributed by atoms with Crippen LogP contribution in [0.2, 0.25) is 0 Å². The molecule has 4 nitrogen and oxygen atoms in total. The van der Waals surface area contributed by atoms with Crippen molar-refractivity contribution >= 4 is 11.7 Å². The maximum atomic E-state index is 11.8. The number of ether oxygens (including phenoxy) is 2. The van der Waals surface area contributed by atoms with Crippen LogP contribution in [0.4, 0.5) is 5.69 Å². The Morgan fingerprint density at radius 3 is 2.88 bits per heavy atom. The molecule has 0 atom stereocenters. The van der Waals surface area contributed by atoms with Gasteiger partial charge in [0.1, 0.15) is 5.56 Å². The maximum absolute atomic E-state index is 11.8. The van der Waals surface area contributed by atoms with Gasteiger partial charge in [-0.25, -0.2) is 4.79 Å². The van der Waals surface area contributed by atoms with Crippen molar-refractivity contribution < 1.29 is 14.3 Å². The Labute approximate surface area is 101 Å². The summed E-state index contributed by atoms with van der Waals surface area (Å²) in [4.78, 5) is 11.8. The Balaban J connectivity index is 1.99. The first-order valence-corrected chi connectivity index (χ1v) is 5.82. The van der Waals surface area contributed by atoms with Gasteiger partial charge in [0.25, 0.3) is 0 Å². The van der Waals surface area contributed by atoms with E-state index in [9.17, 15) is 4.79 Å². The van der Waals surface area contributed by atoms with Crippen molar-refractivity contribution in [2.75, 3.05) is 19.5 Å². The van der Waals surface area contributed by atoms with Crippen LogP contribution in [-0.4, -0.2) is 19.7 Å². The lowest BCUT2D eigenvalue weighted by atomic mass is 10.2. The van der Waals surface area contributed by atoms with E-state index < -0.39 is 0 Å². The van der Waals surface area contributed by atoms with Crippen LogP contribution in [0.5, 0.6) is 5.75 Å².